The van der Waals surface area contributed by atoms with Crippen LogP contribution in [0.4, 0.5) is 9.59 Å². The number of carboxylic acids is 4. The highest BCUT2D eigenvalue weighted by atomic mass is 128. The second-order valence-corrected chi connectivity index (χ2v) is 12.7. The molecule has 0 aromatic heterocycles. The molecule has 0 aliphatic heterocycles. The molecule has 0 saturated carbocycles. The van der Waals surface area contributed by atoms with Crippen LogP contribution in [0.2, 0.25) is 0 Å². The van der Waals surface area contributed by atoms with Gasteiger partial charge in [-0.15, -0.1) is 18.5 Å². The van der Waals surface area contributed by atoms with Crippen molar-refractivity contribution in [3.63, 3.8) is 0 Å². The molecule has 31 heteroatoms. The number of rotatable bonds is 12. The molecule has 0 radical (unpaired) electrons. The maximum atomic E-state index is 11.3. The van der Waals surface area contributed by atoms with Gasteiger partial charge in [0.15, 0.2) is 6.29 Å². The fourth-order valence-electron chi connectivity index (χ4n) is 1.64. The second kappa shape index (κ2) is 101. The number of aliphatic hydroxyl groups excluding tert-OH is 1. The van der Waals surface area contributed by atoms with Crippen molar-refractivity contribution in [1.29, 1.82) is 0 Å². The zero-order valence-corrected chi connectivity index (χ0v) is 36.6. The van der Waals surface area contributed by atoms with Gasteiger partial charge in [-0.25, -0.2) is 9.59 Å². The van der Waals surface area contributed by atoms with Gasteiger partial charge < -0.3 is 94.6 Å². The highest BCUT2D eigenvalue weighted by Gasteiger charge is 2.17. The average molecular weight is 1160 g/mol. The van der Waals surface area contributed by atoms with Gasteiger partial charge in [0.05, 0.1) is 26.2 Å². The molecular weight excluding hydrogens is 1070 g/mol. The second-order valence-electron chi connectivity index (χ2n) is 7.45. The van der Waals surface area contributed by atoms with Gasteiger partial charge >= 0.3 is 42.1 Å². The number of urea groups is 2. The Bertz CT molecular complexity index is 886. The van der Waals surface area contributed by atoms with E-state index in [2.05, 4.69) is 62.9 Å². The van der Waals surface area contributed by atoms with E-state index in [-0.39, 0.29) is 116 Å². The van der Waals surface area contributed by atoms with Gasteiger partial charge in [0.25, 0.3) is 0 Å². The van der Waals surface area contributed by atoms with Crippen molar-refractivity contribution in [2.24, 2.45) is 0 Å². The highest BCUT2D eigenvalue weighted by molar-refractivity contribution is 15.0. The standard InChI is InChI=1S/C7H14N2O5.C4H10NO2P.C3H8N2O.C3H8NO2P.C3H7NO2.CH2I2.CO2.6CH4.6H2O/c1-8(3-5(10)11)7(14)9(2)4-6(12)13;1-5(3-8)2-4(6)7;1-4-3(6)5-2;5-3(6)1-4-2-7;1-4-2-3(5)6;1-3-2;2-1-3;;;;;;;;;;;;/h5,10-11H,3-4H2,1-2H3,(H,12,13);2-3,8H2,1H3,(H,6,7);1-2H3,(H2,4,5,6);4H,1-2,7H2,(H,5,6);4H,2H2,1H3,(H,5,6);1H2;;6*1H4;6*1H2. The third kappa shape index (κ3) is 171. The van der Waals surface area contributed by atoms with Crippen LogP contribution in [0.25, 0.3) is 0 Å². The molecule has 2 unspecified atom stereocenters. The summed E-state index contributed by atoms with van der Waals surface area (Å²) in [6.07, 6.45) is -0.0410. The fraction of sp³-hybridized carbons (Fsp3) is 0.714. The summed E-state index contributed by atoms with van der Waals surface area (Å²) in [6.45, 7) is -0.486. The zero-order chi connectivity index (χ0) is 39.0. The summed E-state index contributed by atoms with van der Waals surface area (Å²) in [6, 6.07) is -0.740. The molecule has 0 spiro atoms. The molecule has 0 aromatic carbocycles. The lowest BCUT2D eigenvalue weighted by Crippen LogP contribution is -2.44. The lowest BCUT2D eigenvalue weighted by atomic mass is 10.5. The summed E-state index contributed by atoms with van der Waals surface area (Å²) in [7, 11) is 14.0. The van der Waals surface area contributed by atoms with Crippen LogP contribution in [0, 0.1) is 0 Å². The molecule has 2 atom stereocenters. The number of amides is 4. The molecule has 0 saturated heterocycles. The first-order valence-corrected chi connectivity index (χ1v) is 21.7. The lowest BCUT2D eigenvalue weighted by Gasteiger charge is -2.23. The first kappa shape index (κ1) is 124. The Morgan fingerprint density at radius 1 is 0.678 bits per heavy atom. The SMILES string of the molecule is C.C.C.C.C.C.C=II.CN(CC(=O)O)C(=O)N(C)CC(O)O.CN(CP)CC(=O)O.CNC(=O)NC.CNCC(=O)O.O.O.O.O.O.O.O=C(O)CNCP.O=C=O. The summed E-state index contributed by atoms with van der Waals surface area (Å²) in [4.78, 5) is 80.5. The van der Waals surface area contributed by atoms with E-state index >= 15 is 0 Å². The van der Waals surface area contributed by atoms with Crippen molar-refractivity contribution >= 4 is 100 Å². The summed E-state index contributed by atoms with van der Waals surface area (Å²) in [5, 5.41) is 59.3. The molecule has 376 valence electrons. The number of likely N-dealkylation sites (N-methyl/N-ethyl adjacent to an activating group) is 4. The largest absolute Gasteiger partial charge is 0.480 e. The Hall–Kier alpha value is -2.45. The third-order valence-electron chi connectivity index (χ3n) is 3.38. The quantitative estimate of drug-likeness (QED) is 0.0516. The van der Waals surface area contributed by atoms with E-state index in [4.69, 9.17) is 40.2 Å². The van der Waals surface area contributed by atoms with Crippen LogP contribution in [-0.2, 0) is 28.8 Å². The van der Waals surface area contributed by atoms with Gasteiger partial charge in [-0.1, -0.05) is 65.8 Å². The minimum absolute atomic E-state index is 0. The number of halogens is 2. The number of nitrogens with one attached hydrogen (secondary N) is 4. The van der Waals surface area contributed by atoms with Crippen molar-refractivity contribution in [3.8, 4) is 0 Å². The Morgan fingerprint density at radius 2 is 0.983 bits per heavy atom. The van der Waals surface area contributed by atoms with E-state index in [1.54, 1.807) is 33.1 Å². The van der Waals surface area contributed by atoms with Crippen molar-refractivity contribution < 1.29 is 102 Å². The van der Waals surface area contributed by atoms with E-state index in [1.807, 2.05) is 0 Å². The normalized spacial score (nSPS) is 6.73. The van der Waals surface area contributed by atoms with Gasteiger partial charge in [0.2, 0.25) is 0 Å². The molecule has 0 fully saturated rings. The van der Waals surface area contributed by atoms with Gasteiger partial charge in [0, 0.05) is 40.8 Å². The predicted octanol–water partition coefficient (Wildman–Crippen LogP) is -3.45. The van der Waals surface area contributed by atoms with Gasteiger partial charge in [-0.3, -0.25) is 24.1 Å². The van der Waals surface area contributed by atoms with E-state index < -0.39 is 42.7 Å². The van der Waals surface area contributed by atoms with E-state index in [1.165, 1.54) is 14.1 Å². The fourth-order valence-corrected chi connectivity index (χ4v) is 1.91. The number of aliphatic carboxylic acids is 4. The van der Waals surface area contributed by atoms with Crippen molar-refractivity contribution in [1.82, 2.24) is 36.0 Å². The van der Waals surface area contributed by atoms with E-state index in [9.17, 15) is 28.8 Å². The maximum Gasteiger partial charge on any atom is 0.373 e. The molecule has 0 bridgehead atoms. The van der Waals surface area contributed by atoms with Gasteiger partial charge in [0.1, 0.15) is 6.54 Å². The Kier molecular flexibility index (Phi) is 211. The minimum atomic E-state index is -1.62. The van der Waals surface area contributed by atoms with Crippen LogP contribution < -0.4 is 21.3 Å². The number of nitrogens with zero attached hydrogens (tertiary/aromatic N) is 3. The number of carbonyl (C=O) groups is 6. The summed E-state index contributed by atoms with van der Waals surface area (Å²) in [5.74, 6) is -3.55. The van der Waals surface area contributed by atoms with Crippen LogP contribution in [0.15, 0.2) is 0 Å². The molecule has 0 rings (SSSR count). The zero-order valence-electron chi connectivity index (χ0n) is 29.9. The molecular formula is C28H85I2N7O20P2. The molecule has 0 aromatic rings. The molecule has 0 aliphatic rings. The predicted molar refractivity (Wildman–Crippen MR) is 259 cm³/mol. The van der Waals surface area contributed by atoms with Gasteiger partial charge in [-0.05, 0) is 32.7 Å². The summed E-state index contributed by atoms with van der Waals surface area (Å²) < 4.78 is 3.58. The molecule has 0 heterocycles. The number of carbonyl (C=O) groups excluding carboxylic acids is 4. The van der Waals surface area contributed by atoms with Crippen LogP contribution in [0.3, 0.4) is 0 Å². The first-order chi connectivity index (χ1) is 21.7. The number of aliphatic hydroxyl groups is 2. The van der Waals surface area contributed by atoms with Crippen LogP contribution >= 0.6 is 53.9 Å². The Labute approximate surface area is 375 Å². The van der Waals surface area contributed by atoms with Crippen molar-refractivity contribution in [3.05, 3.63) is 0 Å². The molecule has 22 N–H and O–H groups in total. The number of carboxylic acid groups (broad SMARTS) is 4. The maximum absolute atomic E-state index is 11.3. The topological polar surface area (TPSA) is 505 Å². The smallest absolute Gasteiger partial charge is 0.373 e. The van der Waals surface area contributed by atoms with Crippen LogP contribution in [0.5, 0.6) is 0 Å². The summed E-state index contributed by atoms with van der Waals surface area (Å²) in [5.41, 5.74) is 0. The Balaban J connectivity index is -0.0000000189. The minimum Gasteiger partial charge on any atom is -0.480 e. The van der Waals surface area contributed by atoms with E-state index in [0.29, 0.717) is 29.3 Å². The van der Waals surface area contributed by atoms with Crippen LogP contribution in [-0.4, -0.2) is 219 Å². The molecule has 27 nitrogen and oxygen atoms in total. The lowest BCUT2D eigenvalue weighted by molar-refractivity contribution is -0.192. The van der Waals surface area contributed by atoms with Gasteiger partial charge in [-0.2, -0.15) is 9.59 Å². The number of hydrogen-bond acceptors (Lipinski definition) is 13. The highest BCUT2D eigenvalue weighted by Crippen LogP contribution is 2.00. The molecule has 59 heavy (non-hydrogen) atoms. The third-order valence-corrected chi connectivity index (χ3v) is 4.29. The molecule has 0 aliphatic carbocycles. The number of hydrogen-bond donors (Lipinski definition) is 10. The monoisotopic (exact) mass is 1160 g/mol. The van der Waals surface area contributed by atoms with Crippen molar-refractivity contribution in [2.75, 3.05) is 87.6 Å². The molecule has 4 amide bonds. The van der Waals surface area contributed by atoms with Crippen molar-refractivity contribution in [2.45, 2.75) is 50.8 Å². The first-order valence-electron chi connectivity index (χ1n) is 12.2. The summed E-state index contributed by atoms with van der Waals surface area (Å²) >= 11 is 2.60. The average Bonchev–Trinajstić information content (AvgIpc) is 2.96. The van der Waals surface area contributed by atoms with E-state index in [0.717, 1.165) is 9.80 Å². The Morgan fingerprint density at radius 3 is 1.10 bits per heavy atom. The van der Waals surface area contributed by atoms with Crippen LogP contribution in [0.1, 0.15) is 44.6 Å².